The van der Waals surface area contributed by atoms with Crippen LogP contribution in [0.1, 0.15) is 0 Å². The first-order valence-corrected chi connectivity index (χ1v) is 13.6. The summed E-state index contributed by atoms with van der Waals surface area (Å²) in [5.41, 5.74) is 0.276. The maximum absolute atomic E-state index is 12.3. The first-order valence-electron chi connectivity index (χ1n) is 10.2. The summed E-state index contributed by atoms with van der Waals surface area (Å²) in [6.45, 7) is 0.750. The molecular formula is C22H27N3O6S2. The lowest BCUT2D eigenvalue weighted by Crippen LogP contribution is -2.37. The van der Waals surface area contributed by atoms with Gasteiger partial charge >= 0.3 is 0 Å². The Kier molecular flexibility index (Phi) is 8.27. The lowest BCUT2D eigenvalue weighted by molar-refractivity contribution is 0.107. The van der Waals surface area contributed by atoms with E-state index in [1.54, 1.807) is 0 Å². The van der Waals surface area contributed by atoms with Crippen LogP contribution in [-0.4, -0.2) is 60.5 Å². The molecule has 3 rings (SSSR count). The molecule has 0 aliphatic rings. The molecular weight excluding hydrogens is 466 g/mol. The molecule has 0 radical (unpaired) electrons. The van der Waals surface area contributed by atoms with Crippen LogP contribution in [0.5, 0.6) is 5.75 Å². The third-order valence-corrected chi connectivity index (χ3v) is 6.71. The van der Waals surface area contributed by atoms with Gasteiger partial charge in [-0.3, -0.25) is 4.72 Å². The quantitative estimate of drug-likeness (QED) is 0.281. The lowest BCUT2D eigenvalue weighted by Gasteiger charge is -2.15. The number of hydrogen-bond donors (Lipinski definition) is 4. The molecule has 0 bridgehead atoms. The predicted octanol–water partition coefficient (Wildman–Crippen LogP) is 1.52. The highest BCUT2D eigenvalue weighted by atomic mass is 32.2. The molecule has 4 N–H and O–H groups in total. The average Bonchev–Trinajstić information content (AvgIpc) is 2.76. The molecule has 0 saturated carbocycles. The van der Waals surface area contributed by atoms with Gasteiger partial charge in [0.25, 0.3) is 0 Å². The van der Waals surface area contributed by atoms with Crippen molar-refractivity contribution in [3.8, 4) is 5.75 Å². The zero-order valence-corrected chi connectivity index (χ0v) is 19.7. The molecule has 0 fully saturated rings. The maximum atomic E-state index is 12.3. The van der Waals surface area contributed by atoms with Crippen molar-refractivity contribution in [1.29, 1.82) is 0 Å². The Balaban J connectivity index is 1.39. The van der Waals surface area contributed by atoms with Crippen LogP contribution in [-0.2, 0) is 20.0 Å². The number of ether oxygens (including phenoxy) is 1. The molecule has 0 amide bonds. The van der Waals surface area contributed by atoms with Crippen LogP contribution < -0.4 is 19.5 Å². The number of hydrogen-bond acceptors (Lipinski definition) is 7. The molecule has 3 aromatic carbocycles. The van der Waals surface area contributed by atoms with E-state index in [9.17, 15) is 21.9 Å². The van der Waals surface area contributed by atoms with Gasteiger partial charge in [-0.1, -0.05) is 36.4 Å². The van der Waals surface area contributed by atoms with Crippen LogP contribution in [0.4, 0.5) is 5.69 Å². The van der Waals surface area contributed by atoms with Gasteiger partial charge in [0, 0.05) is 30.7 Å². The Morgan fingerprint density at radius 2 is 1.61 bits per heavy atom. The number of benzene rings is 3. The first-order chi connectivity index (χ1) is 15.6. The van der Waals surface area contributed by atoms with Crippen LogP contribution in [0.25, 0.3) is 10.8 Å². The number of rotatable bonds is 12. The second-order valence-electron chi connectivity index (χ2n) is 7.44. The van der Waals surface area contributed by atoms with Gasteiger partial charge in [0.2, 0.25) is 20.0 Å². The fourth-order valence-electron chi connectivity index (χ4n) is 3.11. The topological polar surface area (TPSA) is 134 Å². The minimum absolute atomic E-state index is 0.0186. The molecule has 0 saturated heterocycles. The number of aliphatic hydroxyl groups is 1. The van der Waals surface area contributed by atoms with Crippen molar-refractivity contribution < 1.29 is 26.7 Å². The van der Waals surface area contributed by atoms with E-state index in [-0.39, 0.29) is 30.3 Å². The normalized spacial score (nSPS) is 13.0. The van der Waals surface area contributed by atoms with Crippen molar-refractivity contribution in [2.24, 2.45) is 0 Å². The Morgan fingerprint density at radius 1 is 0.909 bits per heavy atom. The fourth-order valence-corrected chi connectivity index (χ4v) is 4.70. The molecule has 1 atom stereocenters. The summed E-state index contributed by atoms with van der Waals surface area (Å²) in [5, 5.41) is 15.2. The van der Waals surface area contributed by atoms with Crippen molar-refractivity contribution >= 4 is 36.5 Å². The van der Waals surface area contributed by atoms with Crippen molar-refractivity contribution in [3.05, 3.63) is 66.7 Å². The van der Waals surface area contributed by atoms with Crippen molar-refractivity contribution in [3.63, 3.8) is 0 Å². The van der Waals surface area contributed by atoms with Crippen LogP contribution in [0, 0.1) is 0 Å². The van der Waals surface area contributed by atoms with Gasteiger partial charge in [-0.25, -0.2) is 21.6 Å². The van der Waals surface area contributed by atoms with Crippen LogP contribution in [0.2, 0.25) is 0 Å². The fraction of sp³-hybridized carbons (Fsp3) is 0.273. The van der Waals surface area contributed by atoms with Gasteiger partial charge in [-0.2, -0.15) is 0 Å². The largest absolute Gasteiger partial charge is 0.490 e. The first kappa shape index (κ1) is 24.9. The highest BCUT2D eigenvalue weighted by Crippen LogP contribution is 2.25. The van der Waals surface area contributed by atoms with E-state index in [1.165, 1.54) is 24.3 Å². The Hall–Kier alpha value is -2.70. The summed E-state index contributed by atoms with van der Waals surface area (Å²) in [6, 6.07) is 18.9. The van der Waals surface area contributed by atoms with Crippen molar-refractivity contribution in [1.82, 2.24) is 10.0 Å². The van der Waals surface area contributed by atoms with E-state index in [2.05, 4.69) is 14.8 Å². The smallest absolute Gasteiger partial charge is 0.240 e. The number of fused-ring (bicyclic) bond motifs is 1. The lowest BCUT2D eigenvalue weighted by atomic mass is 10.1. The van der Waals surface area contributed by atoms with Gasteiger partial charge in [0.1, 0.15) is 18.5 Å². The van der Waals surface area contributed by atoms with Gasteiger partial charge in [-0.15, -0.1) is 0 Å². The summed E-state index contributed by atoms with van der Waals surface area (Å²) in [7, 11) is -7.18. The van der Waals surface area contributed by atoms with E-state index in [0.717, 1.165) is 17.0 Å². The summed E-state index contributed by atoms with van der Waals surface area (Å²) >= 11 is 0. The third-order valence-electron chi connectivity index (χ3n) is 4.62. The zero-order valence-electron chi connectivity index (χ0n) is 18.1. The number of aliphatic hydroxyl groups excluding tert-OH is 1. The maximum Gasteiger partial charge on any atom is 0.240 e. The molecule has 0 heterocycles. The van der Waals surface area contributed by atoms with Crippen LogP contribution in [0.15, 0.2) is 71.6 Å². The van der Waals surface area contributed by atoms with Gasteiger partial charge in [0.15, 0.2) is 0 Å². The zero-order chi connectivity index (χ0) is 23.9. The van der Waals surface area contributed by atoms with Gasteiger partial charge < -0.3 is 15.2 Å². The number of nitrogens with one attached hydrogen (secondary N) is 3. The highest BCUT2D eigenvalue weighted by Gasteiger charge is 2.14. The summed E-state index contributed by atoms with van der Waals surface area (Å²) in [4.78, 5) is 0.0186. The van der Waals surface area contributed by atoms with E-state index in [1.807, 2.05) is 42.5 Å². The summed E-state index contributed by atoms with van der Waals surface area (Å²) in [6.07, 6.45) is 0.245. The highest BCUT2D eigenvalue weighted by molar-refractivity contribution is 7.92. The molecule has 9 nitrogen and oxygen atoms in total. The second kappa shape index (κ2) is 10.9. The molecule has 11 heteroatoms. The van der Waals surface area contributed by atoms with E-state index >= 15 is 0 Å². The Bertz CT molecular complexity index is 1270. The minimum Gasteiger partial charge on any atom is -0.490 e. The molecule has 0 aromatic heterocycles. The molecule has 0 aliphatic carbocycles. The standard InChI is InChI=1S/C22H27N3O6S2/c1-32(27,28)25-18-9-11-20(12-10-18)33(29,30)24-14-13-23-15-19(26)16-31-22-8-4-6-17-5-2-3-7-21(17)22/h2-12,19,23-26H,13-16H2,1H3. The van der Waals surface area contributed by atoms with E-state index in [4.69, 9.17) is 4.74 Å². The predicted molar refractivity (Wildman–Crippen MR) is 128 cm³/mol. The second-order valence-corrected chi connectivity index (χ2v) is 11.0. The third kappa shape index (κ3) is 7.69. The van der Waals surface area contributed by atoms with E-state index < -0.39 is 26.2 Å². The minimum atomic E-state index is -3.74. The molecule has 0 spiro atoms. The van der Waals surface area contributed by atoms with Crippen LogP contribution in [0.3, 0.4) is 0 Å². The Labute approximate surface area is 193 Å². The number of sulfonamides is 2. The molecule has 0 aliphatic heterocycles. The monoisotopic (exact) mass is 493 g/mol. The Morgan fingerprint density at radius 3 is 2.33 bits per heavy atom. The van der Waals surface area contributed by atoms with Crippen molar-refractivity contribution in [2.45, 2.75) is 11.0 Å². The molecule has 3 aromatic rings. The molecule has 1 unspecified atom stereocenters. The summed E-state index contributed by atoms with van der Waals surface area (Å²) in [5.74, 6) is 0.692. The SMILES string of the molecule is CS(=O)(=O)Nc1ccc(S(=O)(=O)NCCNCC(O)COc2cccc3ccccc23)cc1. The van der Waals surface area contributed by atoms with Gasteiger partial charge in [-0.05, 0) is 35.7 Å². The van der Waals surface area contributed by atoms with E-state index in [0.29, 0.717) is 12.3 Å². The molecule has 33 heavy (non-hydrogen) atoms. The average molecular weight is 494 g/mol. The number of anilines is 1. The molecule has 178 valence electrons. The summed E-state index contributed by atoms with van der Waals surface area (Å²) < 4.78 is 57.6. The van der Waals surface area contributed by atoms with Crippen LogP contribution >= 0.6 is 0 Å². The van der Waals surface area contributed by atoms with Crippen molar-refractivity contribution in [2.75, 3.05) is 37.2 Å². The van der Waals surface area contributed by atoms with Gasteiger partial charge in [0.05, 0.1) is 11.2 Å².